The molecule has 7 rings (SSSR count). The Morgan fingerprint density at radius 2 is 1.04 bits per heavy atom. The maximum Gasteiger partial charge on any atom is 0.261 e. The summed E-state index contributed by atoms with van der Waals surface area (Å²) in [5.41, 5.74) is 1.81. The molecule has 0 radical (unpaired) electrons. The van der Waals surface area contributed by atoms with Crippen molar-refractivity contribution >= 4 is 23.6 Å². The highest BCUT2D eigenvalue weighted by Gasteiger charge is 2.49. The summed E-state index contributed by atoms with van der Waals surface area (Å²) >= 11 is 0. The van der Waals surface area contributed by atoms with Crippen molar-refractivity contribution in [3.8, 4) is 5.75 Å². The monoisotopic (exact) mass is 984 g/mol. The summed E-state index contributed by atoms with van der Waals surface area (Å²) in [7, 11) is 6.12. The lowest BCUT2D eigenvalue weighted by Gasteiger charge is -2.38. The first-order valence-electron chi connectivity index (χ1n) is 24.3. The molecular formula is C57H68N4O11. The van der Waals surface area contributed by atoms with Crippen molar-refractivity contribution in [3.63, 3.8) is 0 Å². The van der Waals surface area contributed by atoms with E-state index < -0.39 is 39.9 Å². The van der Waals surface area contributed by atoms with E-state index in [1.165, 1.54) is 25.3 Å². The van der Waals surface area contributed by atoms with Crippen molar-refractivity contribution in [1.82, 2.24) is 20.4 Å². The predicted molar refractivity (Wildman–Crippen MR) is 271 cm³/mol. The minimum Gasteiger partial charge on any atom is -0.492 e. The molecule has 382 valence electrons. The van der Waals surface area contributed by atoms with Gasteiger partial charge in [0.1, 0.15) is 16.6 Å². The van der Waals surface area contributed by atoms with E-state index >= 15 is 4.79 Å². The summed E-state index contributed by atoms with van der Waals surface area (Å²) in [5, 5.41) is 6.17. The zero-order valence-electron chi connectivity index (χ0n) is 41.9. The molecule has 0 unspecified atom stereocenters. The van der Waals surface area contributed by atoms with Crippen molar-refractivity contribution < 1.29 is 52.3 Å². The van der Waals surface area contributed by atoms with E-state index in [0.29, 0.717) is 0 Å². The number of benzene rings is 5. The number of nitrogens with one attached hydrogen (secondary N) is 2. The number of carbonyl (C=O) groups is 4. The number of nitrogens with zero attached hydrogens (tertiary/aromatic N) is 2. The minimum absolute atomic E-state index is 0.0703. The molecule has 0 aromatic heterocycles. The van der Waals surface area contributed by atoms with Gasteiger partial charge in [0, 0.05) is 67.7 Å². The summed E-state index contributed by atoms with van der Waals surface area (Å²) in [6.07, 6.45) is 0.816. The second kappa shape index (κ2) is 25.9. The molecule has 0 aliphatic carbocycles. The van der Waals surface area contributed by atoms with Crippen LogP contribution in [0.15, 0.2) is 133 Å². The van der Waals surface area contributed by atoms with Gasteiger partial charge in [0.15, 0.2) is 0 Å². The molecule has 0 saturated heterocycles. The van der Waals surface area contributed by atoms with Crippen LogP contribution in [-0.4, -0.2) is 134 Å². The molecule has 5 aromatic carbocycles. The summed E-state index contributed by atoms with van der Waals surface area (Å²) in [4.78, 5) is 61.5. The second-order valence-electron chi connectivity index (χ2n) is 19.0. The highest BCUT2D eigenvalue weighted by molar-refractivity contribution is 6.21. The van der Waals surface area contributed by atoms with Gasteiger partial charge in [0.05, 0.1) is 76.0 Å². The molecule has 2 N–H and O–H groups in total. The third-order valence-corrected chi connectivity index (χ3v) is 13.3. The number of methoxy groups -OCH3 is 4. The van der Waals surface area contributed by atoms with Crippen LogP contribution in [0.25, 0.3) is 0 Å². The Bertz CT molecular complexity index is 2450. The van der Waals surface area contributed by atoms with Gasteiger partial charge in [-0.2, -0.15) is 0 Å². The maximum atomic E-state index is 15.2. The number of ether oxygens (including phenoxy) is 7. The molecular weight excluding hydrogens is 917 g/mol. The van der Waals surface area contributed by atoms with Crippen LogP contribution in [0.2, 0.25) is 0 Å². The fraction of sp³-hybridized carbons (Fsp3) is 0.404. The molecule has 2 heterocycles. The van der Waals surface area contributed by atoms with Crippen molar-refractivity contribution in [2.75, 3.05) is 101 Å². The summed E-state index contributed by atoms with van der Waals surface area (Å²) in [6.45, 7) is 1.93. The molecule has 0 fully saturated rings. The van der Waals surface area contributed by atoms with Gasteiger partial charge in [-0.15, -0.1) is 0 Å². The summed E-state index contributed by atoms with van der Waals surface area (Å²) in [6, 6.07) is 42.0. The standard InChI is InChI=1S/C57H68N4O11/c1-66-36-55(37-67-2,38-72-50-26-16-23-46-30-60(28-27-47(46)50)29-43-17-8-5-9-18-43)33-58-53(64)56(39-68-3,40-69-4)34-59-54(65)57(41-70-31-44-19-10-6-11-20-44,42-71-32-45-21-12-7-13-22-45)35-61-51(62)48-24-14-15-25-49(48)52(61)63/h5-26H,27-42H2,1-4H3,(H,58,64)(H,59,65). The molecule has 0 bridgehead atoms. The second-order valence-corrected chi connectivity index (χ2v) is 19.0. The first-order valence-corrected chi connectivity index (χ1v) is 24.3. The van der Waals surface area contributed by atoms with Crippen LogP contribution in [-0.2, 0) is 70.7 Å². The van der Waals surface area contributed by atoms with Gasteiger partial charge in [-0.05, 0) is 52.4 Å². The van der Waals surface area contributed by atoms with Crippen molar-refractivity contribution in [2.24, 2.45) is 16.2 Å². The number of rotatable bonds is 29. The lowest BCUT2D eigenvalue weighted by Crippen LogP contribution is -2.60. The summed E-state index contributed by atoms with van der Waals surface area (Å²) < 4.78 is 42.3. The van der Waals surface area contributed by atoms with E-state index in [0.717, 1.165) is 53.4 Å². The topological polar surface area (TPSA) is 163 Å². The molecule has 5 aromatic rings. The van der Waals surface area contributed by atoms with Crippen LogP contribution >= 0.6 is 0 Å². The van der Waals surface area contributed by atoms with Crippen LogP contribution in [0.4, 0.5) is 0 Å². The number of amides is 4. The predicted octanol–water partition coefficient (Wildman–Crippen LogP) is 6.13. The molecule has 4 amide bonds. The molecule has 0 atom stereocenters. The van der Waals surface area contributed by atoms with Gasteiger partial charge in [0.25, 0.3) is 11.8 Å². The Morgan fingerprint density at radius 3 is 1.58 bits per heavy atom. The third kappa shape index (κ3) is 13.4. The normalized spacial score (nSPS) is 14.0. The lowest BCUT2D eigenvalue weighted by molar-refractivity contribution is -0.145. The number of carbonyl (C=O) groups excluding carboxylic acids is 4. The van der Waals surface area contributed by atoms with Gasteiger partial charge in [-0.1, -0.05) is 115 Å². The summed E-state index contributed by atoms with van der Waals surface area (Å²) in [5.74, 6) is -1.38. The average molecular weight is 985 g/mol. The molecule has 15 nitrogen and oxygen atoms in total. The number of hydrogen-bond donors (Lipinski definition) is 2. The smallest absolute Gasteiger partial charge is 0.261 e. The number of hydrogen-bond acceptors (Lipinski definition) is 12. The Kier molecular flexibility index (Phi) is 19.2. The van der Waals surface area contributed by atoms with Crippen LogP contribution in [0, 0.1) is 16.2 Å². The zero-order chi connectivity index (χ0) is 50.8. The van der Waals surface area contributed by atoms with Crippen molar-refractivity contribution in [1.29, 1.82) is 0 Å². The molecule has 72 heavy (non-hydrogen) atoms. The molecule has 15 heteroatoms. The number of fused-ring (bicyclic) bond motifs is 2. The lowest BCUT2D eigenvalue weighted by atomic mass is 9.84. The molecule has 2 aliphatic rings. The SMILES string of the molecule is COCC(CNC(=O)C(CNC(=O)C(COCc1ccccc1)(COCc1ccccc1)CN1C(=O)c2ccccc2C1=O)(COC)COC)(COC)COc1cccc2c1CCN(Cc1ccccc1)C2. The number of imide groups is 1. The Morgan fingerprint density at radius 1 is 0.542 bits per heavy atom. The molecule has 0 saturated carbocycles. The van der Waals surface area contributed by atoms with E-state index in [1.54, 1.807) is 38.5 Å². The van der Waals surface area contributed by atoms with Gasteiger partial charge < -0.3 is 43.8 Å². The van der Waals surface area contributed by atoms with Crippen molar-refractivity contribution in [2.45, 2.75) is 32.7 Å². The maximum absolute atomic E-state index is 15.2. The first-order chi connectivity index (χ1) is 35.1. The van der Waals surface area contributed by atoms with Gasteiger partial charge in [-0.3, -0.25) is 29.0 Å². The van der Waals surface area contributed by atoms with E-state index in [1.807, 2.05) is 78.9 Å². The molecule has 0 spiro atoms. The largest absolute Gasteiger partial charge is 0.492 e. The fourth-order valence-corrected chi connectivity index (χ4v) is 9.56. The van der Waals surface area contributed by atoms with Gasteiger partial charge in [0.2, 0.25) is 11.8 Å². The van der Waals surface area contributed by atoms with Crippen LogP contribution < -0.4 is 15.4 Å². The fourth-order valence-electron chi connectivity index (χ4n) is 9.56. The van der Waals surface area contributed by atoms with E-state index in [4.69, 9.17) is 33.2 Å². The van der Waals surface area contributed by atoms with Crippen LogP contribution in [0.5, 0.6) is 5.75 Å². The highest BCUT2D eigenvalue weighted by atomic mass is 16.5. The quantitative estimate of drug-likeness (QED) is 0.0528. The zero-order valence-corrected chi connectivity index (χ0v) is 41.9. The third-order valence-electron chi connectivity index (χ3n) is 13.3. The van der Waals surface area contributed by atoms with Gasteiger partial charge in [-0.25, -0.2) is 0 Å². The Labute approximate surface area is 423 Å². The highest BCUT2D eigenvalue weighted by Crippen LogP contribution is 2.33. The van der Waals surface area contributed by atoms with E-state index in [2.05, 4.69) is 45.9 Å². The molecule has 2 aliphatic heterocycles. The van der Waals surface area contributed by atoms with Crippen LogP contribution in [0.1, 0.15) is 48.5 Å². The van der Waals surface area contributed by atoms with Crippen LogP contribution in [0.3, 0.4) is 0 Å². The van der Waals surface area contributed by atoms with E-state index in [9.17, 15) is 14.4 Å². The Balaban J connectivity index is 1.11. The Hall–Kier alpha value is -6.30. The first kappa shape index (κ1) is 53.5. The van der Waals surface area contributed by atoms with Gasteiger partial charge >= 0.3 is 0 Å². The average Bonchev–Trinajstić information content (AvgIpc) is 3.64. The minimum atomic E-state index is -1.67. The van der Waals surface area contributed by atoms with E-state index in [-0.39, 0.29) is 90.2 Å². The van der Waals surface area contributed by atoms with Crippen molar-refractivity contribution in [3.05, 3.63) is 172 Å².